The first-order valence-electron chi connectivity index (χ1n) is 5.56. The Hall–Kier alpha value is -2.03. The highest BCUT2D eigenvalue weighted by Gasteiger charge is 2.15. The summed E-state index contributed by atoms with van der Waals surface area (Å²) in [5.41, 5.74) is 1.09. The van der Waals surface area contributed by atoms with Crippen LogP contribution in [0.4, 0.5) is 8.78 Å². The molecule has 0 saturated heterocycles. The average molecular weight is 246 g/mol. The third-order valence-corrected chi connectivity index (χ3v) is 2.86. The Morgan fingerprint density at radius 1 is 1.00 bits per heavy atom. The van der Waals surface area contributed by atoms with E-state index in [4.69, 9.17) is 0 Å². The number of carbonyl (C=O) groups excluding carboxylic acids is 1. The van der Waals surface area contributed by atoms with Gasteiger partial charge in [0.2, 0.25) is 0 Å². The number of hydrogen-bond acceptors (Lipinski definition) is 1. The van der Waals surface area contributed by atoms with Crippen molar-refractivity contribution in [1.82, 2.24) is 0 Å². The van der Waals surface area contributed by atoms with Gasteiger partial charge in [-0.25, -0.2) is 8.78 Å². The number of carbonyl (C=O) groups is 1. The fourth-order valence-electron chi connectivity index (χ4n) is 1.76. The minimum Gasteiger partial charge on any atom is -0.288 e. The minimum absolute atomic E-state index is 0.0148. The molecule has 0 radical (unpaired) electrons. The van der Waals surface area contributed by atoms with Crippen molar-refractivity contribution in [3.63, 3.8) is 0 Å². The molecule has 18 heavy (non-hydrogen) atoms. The molecule has 3 heteroatoms. The van der Waals surface area contributed by atoms with E-state index in [0.717, 1.165) is 0 Å². The van der Waals surface area contributed by atoms with Gasteiger partial charge >= 0.3 is 0 Å². The fourth-order valence-corrected chi connectivity index (χ4v) is 1.76. The Balaban J connectivity index is 2.48. The van der Waals surface area contributed by atoms with Crippen LogP contribution in [0.5, 0.6) is 0 Å². The smallest absolute Gasteiger partial charge is 0.195 e. The molecule has 0 unspecified atom stereocenters. The van der Waals surface area contributed by atoms with Crippen LogP contribution in [-0.4, -0.2) is 5.78 Å². The molecule has 0 aliphatic carbocycles. The van der Waals surface area contributed by atoms with Crippen LogP contribution in [-0.2, 0) is 0 Å². The molecule has 0 atom stereocenters. The molecule has 2 rings (SSSR count). The molecule has 92 valence electrons. The van der Waals surface area contributed by atoms with Gasteiger partial charge in [-0.05, 0) is 49.2 Å². The average Bonchev–Trinajstić information content (AvgIpc) is 2.35. The zero-order valence-corrected chi connectivity index (χ0v) is 10.1. The van der Waals surface area contributed by atoms with Crippen LogP contribution in [0, 0.1) is 25.5 Å². The quantitative estimate of drug-likeness (QED) is 0.736. The molecular weight excluding hydrogens is 234 g/mol. The maximum Gasteiger partial charge on any atom is 0.195 e. The highest BCUT2D eigenvalue weighted by Crippen LogP contribution is 2.18. The van der Waals surface area contributed by atoms with Crippen molar-refractivity contribution < 1.29 is 13.6 Å². The maximum absolute atomic E-state index is 13.8. The second-order valence-corrected chi connectivity index (χ2v) is 4.23. The predicted octanol–water partition coefficient (Wildman–Crippen LogP) is 3.81. The zero-order valence-electron chi connectivity index (χ0n) is 10.1. The second-order valence-electron chi connectivity index (χ2n) is 4.23. The van der Waals surface area contributed by atoms with Crippen molar-refractivity contribution in [3.8, 4) is 0 Å². The summed E-state index contributed by atoms with van der Waals surface area (Å²) in [6.45, 7) is 3.17. The van der Waals surface area contributed by atoms with E-state index >= 15 is 0 Å². The lowest BCUT2D eigenvalue weighted by atomic mass is 9.99. The molecule has 0 saturated carbocycles. The minimum atomic E-state index is -0.524. The van der Waals surface area contributed by atoms with Crippen LogP contribution >= 0.6 is 0 Å². The molecule has 0 bridgehead atoms. The molecule has 0 aliphatic rings. The van der Waals surface area contributed by atoms with E-state index < -0.39 is 11.6 Å². The van der Waals surface area contributed by atoms with Gasteiger partial charge in [0.1, 0.15) is 11.6 Å². The summed E-state index contributed by atoms with van der Waals surface area (Å²) in [6, 6.07) is 8.68. The largest absolute Gasteiger partial charge is 0.288 e. The number of aryl methyl sites for hydroxylation is 2. The van der Waals surface area contributed by atoms with Crippen molar-refractivity contribution in [1.29, 1.82) is 0 Å². The SMILES string of the molecule is Cc1cc(C(=O)c2cccc(C)c2F)ccc1F. The lowest BCUT2D eigenvalue weighted by Gasteiger charge is -2.06. The molecule has 2 aromatic rings. The first kappa shape index (κ1) is 12.4. The summed E-state index contributed by atoms with van der Waals surface area (Å²) < 4.78 is 26.9. The van der Waals surface area contributed by atoms with Crippen LogP contribution in [0.3, 0.4) is 0 Å². The lowest BCUT2D eigenvalue weighted by molar-refractivity contribution is 0.103. The van der Waals surface area contributed by atoms with Crippen LogP contribution in [0.15, 0.2) is 36.4 Å². The number of ketones is 1. The van der Waals surface area contributed by atoms with Crippen molar-refractivity contribution in [3.05, 3.63) is 70.3 Å². The summed E-state index contributed by atoms with van der Waals surface area (Å²) in [4.78, 5) is 12.1. The molecule has 0 spiro atoms. The van der Waals surface area contributed by atoms with Gasteiger partial charge in [0.15, 0.2) is 5.78 Å². The number of halogens is 2. The first-order valence-corrected chi connectivity index (χ1v) is 5.56. The molecule has 2 aromatic carbocycles. The zero-order chi connectivity index (χ0) is 13.3. The third-order valence-electron chi connectivity index (χ3n) is 2.86. The van der Waals surface area contributed by atoms with Crippen molar-refractivity contribution in [2.45, 2.75) is 13.8 Å². The van der Waals surface area contributed by atoms with Crippen LogP contribution in [0.2, 0.25) is 0 Å². The topological polar surface area (TPSA) is 17.1 Å². The van der Waals surface area contributed by atoms with Crippen molar-refractivity contribution in [2.24, 2.45) is 0 Å². The van der Waals surface area contributed by atoms with Gasteiger partial charge in [-0.2, -0.15) is 0 Å². The van der Waals surface area contributed by atoms with Crippen molar-refractivity contribution >= 4 is 5.78 Å². The Kier molecular flexibility index (Phi) is 3.24. The van der Waals surface area contributed by atoms with Crippen LogP contribution in [0.1, 0.15) is 27.0 Å². The highest BCUT2D eigenvalue weighted by atomic mass is 19.1. The van der Waals surface area contributed by atoms with E-state index in [1.165, 1.54) is 24.3 Å². The van der Waals surface area contributed by atoms with Crippen LogP contribution < -0.4 is 0 Å². The standard InChI is InChI=1S/C15H12F2O/c1-9-4-3-5-12(14(9)17)15(18)11-6-7-13(16)10(2)8-11/h3-8H,1-2H3. The predicted molar refractivity (Wildman–Crippen MR) is 65.7 cm³/mol. The number of hydrogen-bond donors (Lipinski definition) is 0. The molecule has 1 nitrogen and oxygen atoms in total. The first-order chi connectivity index (χ1) is 8.50. The monoisotopic (exact) mass is 246 g/mol. The second kappa shape index (κ2) is 4.69. The number of benzene rings is 2. The van der Waals surface area contributed by atoms with Gasteiger partial charge in [0.05, 0.1) is 5.56 Å². The van der Waals surface area contributed by atoms with Gasteiger partial charge in [-0.1, -0.05) is 12.1 Å². The Morgan fingerprint density at radius 3 is 2.39 bits per heavy atom. The molecule has 0 amide bonds. The molecule has 0 heterocycles. The fraction of sp³-hybridized carbons (Fsp3) is 0.133. The molecule has 0 aliphatic heterocycles. The molecular formula is C15H12F2O. The maximum atomic E-state index is 13.8. The summed E-state index contributed by atoms with van der Waals surface area (Å²) in [5, 5.41) is 0. The molecule has 0 fully saturated rings. The van der Waals surface area contributed by atoms with Gasteiger partial charge < -0.3 is 0 Å². The Labute approximate surface area is 104 Å². The summed E-state index contributed by atoms with van der Waals surface area (Å²) in [6.07, 6.45) is 0. The van der Waals surface area contributed by atoms with E-state index in [-0.39, 0.29) is 11.4 Å². The molecule has 0 aromatic heterocycles. The van der Waals surface area contributed by atoms with Gasteiger partial charge in [0.25, 0.3) is 0 Å². The summed E-state index contributed by atoms with van der Waals surface area (Å²) in [5.74, 6) is -1.33. The number of rotatable bonds is 2. The summed E-state index contributed by atoms with van der Waals surface area (Å²) in [7, 11) is 0. The normalized spacial score (nSPS) is 10.4. The van der Waals surface area contributed by atoms with Gasteiger partial charge in [0, 0.05) is 5.56 Å². The van der Waals surface area contributed by atoms with E-state index in [1.807, 2.05) is 0 Å². The van der Waals surface area contributed by atoms with E-state index in [1.54, 1.807) is 26.0 Å². The van der Waals surface area contributed by atoms with E-state index in [9.17, 15) is 13.6 Å². The van der Waals surface area contributed by atoms with Gasteiger partial charge in [-0.3, -0.25) is 4.79 Å². The Bertz CT molecular complexity index is 618. The Morgan fingerprint density at radius 2 is 1.72 bits per heavy atom. The third kappa shape index (κ3) is 2.16. The van der Waals surface area contributed by atoms with Gasteiger partial charge in [-0.15, -0.1) is 0 Å². The lowest BCUT2D eigenvalue weighted by Crippen LogP contribution is -2.06. The van der Waals surface area contributed by atoms with E-state index in [0.29, 0.717) is 16.7 Å². The van der Waals surface area contributed by atoms with Crippen molar-refractivity contribution in [2.75, 3.05) is 0 Å². The molecule has 0 N–H and O–H groups in total. The summed E-state index contributed by atoms with van der Waals surface area (Å²) >= 11 is 0. The van der Waals surface area contributed by atoms with Crippen LogP contribution in [0.25, 0.3) is 0 Å². The highest BCUT2D eigenvalue weighted by molar-refractivity contribution is 6.09. The van der Waals surface area contributed by atoms with E-state index in [2.05, 4.69) is 0 Å².